The van der Waals surface area contributed by atoms with Gasteiger partial charge in [-0.15, -0.1) is 0 Å². The number of fused-ring (bicyclic) bond motifs is 1. The van der Waals surface area contributed by atoms with Crippen molar-refractivity contribution in [1.82, 2.24) is 9.88 Å². The molecule has 27 heavy (non-hydrogen) atoms. The van der Waals surface area contributed by atoms with Gasteiger partial charge in [0.05, 0.1) is 24.5 Å². The molecule has 1 N–H and O–H groups in total. The first-order chi connectivity index (χ1) is 13.1. The van der Waals surface area contributed by atoms with E-state index in [2.05, 4.69) is 22.9 Å². The number of nitrogens with zero attached hydrogens (tertiary/aromatic N) is 2. The van der Waals surface area contributed by atoms with Crippen LogP contribution in [0.3, 0.4) is 0 Å². The number of anilines is 1. The summed E-state index contributed by atoms with van der Waals surface area (Å²) in [6.07, 6.45) is 4.28. The van der Waals surface area contributed by atoms with E-state index in [1.165, 1.54) is 0 Å². The number of amides is 1. The summed E-state index contributed by atoms with van der Waals surface area (Å²) in [5, 5.41) is 0. The normalized spacial score (nSPS) is 21.4. The van der Waals surface area contributed by atoms with Crippen LogP contribution in [0.25, 0.3) is 11.6 Å². The van der Waals surface area contributed by atoms with E-state index in [1.54, 1.807) is 7.11 Å². The summed E-state index contributed by atoms with van der Waals surface area (Å²) in [5.74, 6) is 0.0749. The lowest BCUT2D eigenvalue weighted by Gasteiger charge is -2.29. The van der Waals surface area contributed by atoms with Gasteiger partial charge in [-0.1, -0.05) is 18.2 Å². The number of para-hydroxylation sites is 1. The van der Waals surface area contributed by atoms with Crippen molar-refractivity contribution in [2.45, 2.75) is 32.7 Å². The number of likely N-dealkylation sites (tertiary alicyclic amines) is 1. The minimum Gasteiger partial charge on any atom is -0.383 e. The Kier molecular flexibility index (Phi) is 4.89. The van der Waals surface area contributed by atoms with Gasteiger partial charge in [-0.2, -0.15) is 0 Å². The Morgan fingerprint density at radius 1 is 1.30 bits per heavy atom. The quantitative estimate of drug-likeness (QED) is 0.824. The second-order valence-electron chi connectivity index (χ2n) is 7.56. The number of aromatic amines is 1. The molecule has 1 amide bonds. The summed E-state index contributed by atoms with van der Waals surface area (Å²) in [7, 11) is 1.74. The largest absolute Gasteiger partial charge is 0.383 e. The van der Waals surface area contributed by atoms with Crippen LogP contribution in [0.2, 0.25) is 0 Å². The number of carbonyl (C=O) groups is 1. The summed E-state index contributed by atoms with van der Waals surface area (Å²) >= 11 is 0. The molecule has 2 aliphatic rings. The number of aryl methyl sites for hydroxylation is 2. The van der Waals surface area contributed by atoms with Gasteiger partial charge in [-0.05, 0) is 50.5 Å². The molecule has 2 aromatic rings. The van der Waals surface area contributed by atoms with Gasteiger partial charge in [-0.25, -0.2) is 0 Å². The molecule has 4 rings (SSSR count). The number of rotatable bonds is 5. The molecule has 2 aliphatic heterocycles. The molecule has 1 aromatic heterocycles. The van der Waals surface area contributed by atoms with Gasteiger partial charge in [0, 0.05) is 36.6 Å². The van der Waals surface area contributed by atoms with Crippen molar-refractivity contribution in [3.05, 3.63) is 52.8 Å². The number of hydrogen-bond acceptors (Lipinski definition) is 3. The highest BCUT2D eigenvalue weighted by Gasteiger charge is 2.35. The first kappa shape index (κ1) is 18.0. The van der Waals surface area contributed by atoms with Gasteiger partial charge in [0.2, 0.25) is 0 Å². The van der Waals surface area contributed by atoms with E-state index in [1.807, 2.05) is 42.2 Å². The van der Waals surface area contributed by atoms with Crippen LogP contribution in [0.15, 0.2) is 30.3 Å². The fourth-order valence-electron chi connectivity index (χ4n) is 4.27. The van der Waals surface area contributed by atoms with Crippen molar-refractivity contribution >= 4 is 23.2 Å². The Hall–Kier alpha value is -2.37. The maximum absolute atomic E-state index is 13.3. The number of aromatic nitrogens is 1. The Balaban J connectivity index is 1.67. The third-order valence-corrected chi connectivity index (χ3v) is 5.62. The van der Waals surface area contributed by atoms with Crippen molar-refractivity contribution in [3.63, 3.8) is 0 Å². The standard InChI is InChI=1S/C22H27N3O2/c1-15-11-16(2)23-20(15)12-19-18-8-4-5-9-21(18)25(22(19)26)14-24-10-6-7-17(24)13-27-3/h4-5,8-9,11-12,17,23H,6-7,10,13-14H2,1-3H3. The molecule has 1 aromatic carbocycles. The molecule has 0 aliphatic carbocycles. The van der Waals surface area contributed by atoms with Crippen molar-refractivity contribution in [2.75, 3.05) is 31.8 Å². The van der Waals surface area contributed by atoms with Gasteiger partial charge in [0.15, 0.2) is 0 Å². The lowest BCUT2D eigenvalue weighted by atomic mass is 10.1. The number of methoxy groups -OCH3 is 1. The topological polar surface area (TPSA) is 48.6 Å². The monoisotopic (exact) mass is 365 g/mol. The zero-order valence-electron chi connectivity index (χ0n) is 16.3. The number of hydrogen-bond donors (Lipinski definition) is 1. The van der Waals surface area contributed by atoms with Crippen molar-refractivity contribution in [2.24, 2.45) is 0 Å². The molecular formula is C22H27N3O2. The molecule has 5 heteroatoms. The molecule has 142 valence electrons. The lowest BCUT2D eigenvalue weighted by molar-refractivity contribution is -0.113. The third kappa shape index (κ3) is 3.33. The number of benzene rings is 1. The van der Waals surface area contributed by atoms with E-state index in [0.29, 0.717) is 19.3 Å². The minimum absolute atomic E-state index is 0.0749. The minimum atomic E-state index is 0.0749. The fraction of sp³-hybridized carbons (Fsp3) is 0.409. The second-order valence-corrected chi connectivity index (χ2v) is 7.56. The fourth-order valence-corrected chi connectivity index (χ4v) is 4.27. The molecule has 3 heterocycles. The SMILES string of the molecule is COCC1CCCN1CN1C(=O)C(=Cc2[nH]c(C)cc2C)c2ccccc21. The summed E-state index contributed by atoms with van der Waals surface area (Å²) < 4.78 is 5.37. The zero-order valence-corrected chi connectivity index (χ0v) is 16.3. The molecule has 0 bridgehead atoms. The van der Waals surface area contributed by atoms with Gasteiger partial charge < -0.3 is 9.72 Å². The highest BCUT2D eigenvalue weighted by molar-refractivity contribution is 6.35. The zero-order chi connectivity index (χ0) is 19.0. The predicted octanol–water partition coefficient (Wildman–Crippen LogP) is 3.59. The van der Waals surface area contributed by atoms with Crippen LogP contribution in [-0.2, 0) is 9.53 Å². The average molecular weight is 365 g/mol. The van der Waals surface area contributed by atoms with Crippen LogP contribution in [-0.4, -0.2) is 48.8 Å². The molecular weight excluding hydrogens is 338 g/mol. The second kappa shape index (κ2) is 7.33. The van der Waals surface area contributed by atoms with Crippen molar-refractivity contribution in [3.8, 4) is 0 Å². The summed E-state index contributed by atoms with van der Waals surface area (Å²) in [4.78, 5) is 21.0. The molecule has 5 nitrogen and oxygen atoms in total. The summed E-state index contributed by atoms with van der Waals surface area (Å²) in [5.41, 5.74) is 6.04. The Bertz CT molecular complexity index is 883. The molecule has 0 spiro atoms. The van der Waals surface area contributed by atoms with Crippen LogP contribution in [0.4, 0.5) is 5.69 Å². The van der Waals surface area contributed by atoms with Crippen molar-refractivity contribution < 1.29 is 9.53 Å². The van der Waals surface area contributed by atoms with Crippen LogP contribution in [0, 0.1) is 13.8 Å². The van der Waals surface area contributed by atoms with Gasteiger partial charge >= 0.3 is 0 Å². The highest BCUT2D eigenvalue weighted by Crippen LogP contribution is 2.38. The number of H-pyrrole nitrogens is 1. The number of nitrogens with one attached hydrogen (secondary N) is 1. The molecule has 1 fully saturated rings. The molecule has 0 radical (unpaired) electrons. The van der Waals surface area contributed by atoms with E-state index >= 15 is 0 Å². The highest BCUT2D eigenvalue weighted by atomic mass is 16.5. The van der Waals surface area contributed by atoms with Gasteiger partial charge in [0.1, 0.15) is 0 Å². The molecule has 0 saturated carbocycles. The van der Waals surface area contributed by atoms with Crippen LogP contribution >= 0.6 is 0 Å². The Morgan fingerprint density at radius 2 is 2.11 bits per heavy atom. The average Bonchev–Trinajstić information content (AvgIpc) is 3.29. The maximum Gasteiger partial charge on any atom is 0.260 e. The Morgan fingerprint density at radius 3 is 2.85 bits per heavy atom. The van der Waals surface area contributed by atoms with Crippen LogP contribution < -0.4 is 4.90 Å². The van der Waals surface area contributed by atoms with E-state index in [0.717, 1.165) is 53.2 Å². The predicted molar refractivity (Wildman–Crippen MR) is 109 cm³/mol. The van der Waals surface area contributed by atoms with E-state index in [4.69, 9.17) is 4.74 Å². The van der Waals surface area contributed by atoms with E-state index in [-0.39, 0.29) is 5.91 Å². The molecule has 1 unspecified atom stereocenters. The first-order valence-corrected chi connectivity index (χ1v) is 9.60. The van der Waals surface area contributed by atoms with Crippen molar-refractivity contribution in [1.29, 1.82) is 0 Å². The van der Waals surface area contributed by atoms with Gasteiger partial charge in [0.25, 0.3) is 5.91 Å². The van der Waals surface area contributed by atoms with Crippen LogP contribution in [0.1, 0.15) is 35.4 Å². The first-order valence-electron chi connectivity index (χ1n) is 9.60. The summed E-state index contributed by atoms with van der Waals surface area (Å²) in [6.45, 7) is 6.44. The van der Waals surface area contributed by atoms with Gasteiger partial charge in [-0.3, -0.25) is 14.6 Å². The maximum atomic E-state index is 13.3. The van der Waals surface area contributed by atoms with Crippen LogP contribution in [0.5, 0.6) is 0 Å². The lowest BCUT2D eigenvalue weighted by Crippen LogP contribution is -2.43. The van der Waals surface area contributed by atoms with E-state index < -0.39 is 0 Å². The smallest absolute Gasteiger partial charge is 0.260 e. The molecule has 1 atom stereocenters. The summed E-state index contributed by atoms with van der Waals surface area (Å²) in [6, 6.07) is 10.6. The number of ether oxygens (including phenoxy) is 1. The van der Waals surface area contributed by atoms with E-state index in [9.17, 15) is 4.79 Å². The number of carbonyl (C=O) groups excluding carboxylic acids is 1. The third-order valence-electron chi connectivity index (χ3n) is 5.62. The molecule has 1 saturated heterocycles. The Labute approximate surface area is 160 Å².